The summed E-state index contributed by atoms with van der Waals surface area (Å²) in [7, 11) is 0. The van der Waals surface area contributed by atoms with Crippen LogP contribution in [0.5, 0.6) is 0 Å². The molecule has 1 aliphatic rings. The van der Waals surface area contributed by atoms with Crippen molar-refractivity contribution in [1.82, 2.24) is 10.2 Å². The number of carbonyl (C=O) groups excluding carboxylic acids is 1. The molecule has 1 aromatic carbocycles. The highest BCUT2D eigenvalue weighted by atomic mass is 32.2. The molecule has 0 spiro atoms. The molecular formula is C16H24N2O2S. The quantitative estimate of drug-likeness (QED) is 0.871. The van der Waals surface area contributed by atoms with E-state index in [1.807, 2.05) is 13.2 Å². The molecule has 5 heteroatoms. The van der Waals surface area contributed by atoms with E-state index in [1.165, 1.54) is 5.56 Å². The molecule has 0 aliphatic carbocycles. The normalized spacial score (nSPS) is 17.4. The van der Waals surface area contributed by atoms with E-state index in [1.54, 1.807) is 11.8 Å². The molecule has 21 heavy (non-hydrogen) atoms. The van der Waals surface area contributed by atoms with Crippen LogP contribution in [0.3, 0.4) is 0 Å². The molecule has 1 aromatic rings. The molecule has 1 fully saturated rings. The van der Waals surface area contributed by atoms with Crippen molar-refractivity contribution in [2.75, 3.05) is 32.6 Å². The Hall–Kier alpha value is -1.04. The van der Waals surface area contributed by atoms with Gasteiger partial charge in [-0.15, -0.1) is 0 Å². The average Bonchev–Trinajstić information content (AvgIpc) is 2.54. The smallest absolute Gasteiger partial charge is 0.233 e. The summed E-state index contributed by atoms with van der Waals surface area (Å²) in [6.45, 7) is 7.16. The van der Waals surface area contributed by atoms with Crippen LogP contribution in [0, 0.1) is 0 Å². The minimum Gasteiger partial charge on any atom is -0.379 e. The van der Waals surface area contributed by atoms with Crippen molar-refractivity contribution in [3.63, 3.8) is 0 Å². The zero-order valence-corrected chi connectivity index (χ0v) is 13.6. The Morgan fingerprint density at radius 3 is 2.52 bits per heavy atom. The van der Waals surface area contributed by atoms with Gasteiger partial charge in [0.1, 0.15) is 0 Å². The second-order valence-electron chi connectivity index (χ2n) is 5.30. The van der Waals surface area contributed by atoms with E-state index in [-0.39, 0.29) is 11.2 Å². The molecule has 2 rings (SSSR count). The summed E-state index contributed by atoms with van der Waals surface area (Å²) in [5.41, 5.74) is 2.45. The second-order valence-corrected chi connectivity index (χ2v) is 6.48. The summed E-state index contributed by atoms with van der Waals surface area (Å²) in [6.07, 6.45) is 1.95. The Labute approximate surface area is 131 Å². The molecule has 0 radical (unpaired) electrons. The number of rotatable bonds is 6. The van der Waals surface area contributed by atoms with Crippen LogP contribution in [0.25, 0.3) is 0 Å². The molecular weight excluding hydrogens is 284 g/mol. The van der Waals surface area contributed by atoms with Crippen LogP contribution >= 0.6 is 11.8 Å². The topological polar surface area (TPSA) is 41.6 Å². The summed E-state index contributed by atoms with van der Waals surface area (Å²) in [5.74, 6) is 0.0971. The van der Waals surface area contributed by atoms with Crippen molar-refractivity contribution in [3.05, 3.63) is 35.4 Å². The monoisotopic (exact) mass is 308 g/mol. The number of ether oxygens (including phenoxy) is 1. The molecule has 1 unspecified atom stereocenters. The first-order valence-electron chi connectivity index (χ1n) is 7.37. The standard InChI is InChI=1S/C16H24N2O2S/c1-13(21-2)16(19)17-11-14-3-5-15(6-4-14)12-18-7-9-20-10-8-18/h3-6,13H,7-12H2,1-2H3,(H,17,19). The largest absolute Gasteiger partial charge is 0.379 e. The van der Waals surface area contributed by atoms with Crippen molar-refractivity contribution >= 4 is 17.7 Å². The Morgan fingerprint density at radius 1 is 1.29 bits per heavy atom. The predicted octanol–water partition coefficient (Wildman–Crippen LogP) is 1.89. The van der Waals surface area contributed by atoms with Crippen LogP contribution in [0.15, 0.2) is 24.3 Å². The maximum absolute atomic E-state index is 11.7. The van der Waals surface area contributed by atoms with Crippen LogP contribution in [0.4, 0.5) is 0 Å². The van der Waals surface area contributed by atoms with Crippen LogP contribution in [-0.4, -0.2) is 48.6 Å². The number of nitrogens with one attached hydrogen (secondary N) is 1. The summed E-state index contributed by atoms with van der Waals surface area (Å²) in [5, 5.41) is 2.97. The minimum atomic E-state index is 0.00518. The molecule has 1 aliphatic heterocycles. The third-order valence-corrected chi connectivity index (χ3v) is 4.64. The molecule has 116 valence electrons. The van der Waals surface area contributed by atoms with Crippen molar-refractivity contribution in [3.8, 4) is 0 Å². The van der Waals surface area contributed by atoms with Gasteiger partial charge in [-0.2, -0.15) is 11.8 Å². The second kappa shape index (κ2) is 8.41. The zero-order valence-electron chi connectivity index (χ0n) is 12.8. The van der Waals surface area contributed by atoms with Crippen LogP contribution in [0.1, 0.15) is 18.1 Å². The SMILES string of the molecule is CSC(C)C(=O)NCc1ccc(CN2CCOCC2)cc1. The highest BCUT2D eigenvalue weighted by Gasteiger charge is 2.11. The minimum absolute atomic E-state index is 0.00518. The summed E-state index contributed by atoms with van der Waals surface area (Å²) >= 11 is 1.56. The third kappa shape index (κ3) is 5.34. The lowest BCUT2D eigenvalue weighted by Gasteiger charge is -2.26. The summed E-state index contributed by atoms with van der Waals surface area (Å²) < 4.78 is 5.36. The van der Waals surface area contributed by atoms with Gasteiger partial charge in [0.25, 0.3) is 0 Å². The zero-order chi connectivity index (χ0) is 15.1. The Kier molecular flexibility index (Phi) is 6.54. The van der Waals surface area contributed by atoms with E-state index in [0.717, 1.165) is 38.4 Å². The van der Waals surface area contributed by atoms with Gasteiger partial charge in [-0.25, -0.2) is 0 Å². The van der Waals surface area contributed by atoms with E-state index >= 15 is 0 Å². The lowest BCUT2D eigenvalue weighted by atomic mass is 10.1. The maximum Gasteiger partial charge on any atom is 0.233 e. The number of amides is 1. The summed E-state index contributed by atoms with van der Waals surface area (Å²) in [4.78, 5) is 14.1. The number of hydrogen-bond donors (Lipinski definition) is 1. The van der Waals surface area contributed by atoms with E-state index in [4.69, 9.17) is 4.74 Å². The maximum atomic E-state index is 11.7. The fourth-order valence-corrected chi connectivity index (χ4v) is 2.52. The van der Waals surface area contributed by atoms with Gasteiger partial charge in [0, 0.05) is 26.2 Å². The predicted molar refractivity (Wildman–Crippen MR) is 87.4 cm³/mol. The molecule has 0 aromatic heterocycles. The van der Waals surface area contributed by atoms with E-state index < -0.39 is 0 Å². The number of benzene rings is 1. The molecule has 1 heterocycles. The lowest BCUT2D eigenvalue weighted by molar-refractivity contribution is -0.120. The fourth-order valence-electron chi connectivity index (χ4n) is 2.22. The van der Waals surface area contributed by atoms with Gasteiger partial charge in [-0.05, 0) is 24.3 Å². The number of nitrogens with zero attached hydrogens (tertiary/aromatic N) is 1. The van der Waals surface area contributed by atoms with E-state index in [9.17, 15) is 4.79 Å². The van der Waals surface area contributed by atoms with E-state index in [0.29, 0.717) is 6.54 Å². The molecule has 0 bridgehead atoms. The van der Waals surface area contributed by atoms with Crippen molar-refractivity contribution < 1.29 is 9.53 Å². The third-order valence-electron chi connectivity index (χ3n) is 3.72. The number of hydrogen-bond acceptors (Lipinski definition) is 4. The highest BCUT2D eigenvalue weighted by Crippen LogP contribution is 2.10. The van der Waals surface area contributed by atoms with E-state index in [2.05, 4.69) is 34.5 Å². The number of morpholine rings is 1. The highest BCUT2D eigenvalue weighted by molar-refractivity contribution is 7.99. The first-order chi connectivity index (χ1) is 10.2. The molecule has 4 nitrogen and oxygen atoms in total. The van der Waals surface area contributed by atoms with Gasteiger partial charge in [-0.3, -0.25) is 9.69 Å². The Bertz CT molecular complexity index is 444. The van der Waals surface area contributed by atoms with Gasteiger partial charge in [0.05, 0.1) is 18.5 Å². The van der Waals surface area contributed by atoms with Gasteiger partial charge >= 0.3 is 0 Å². The van der Waals surface area contributed by atoms with Gasteiger partial charge < -0.3 is 10.1 Å². The molecule has 1 N–H and O–H groups in total. The number of carbonyl (C=O) groups is 1. The fraction of sp³-hybridized carbons (Fsp3) is 0.562. The van der Waals surface area contributed by atoms with Gasteiger partial charge in [0.15, 0.2) is 0 Å². The molecule has 0 saturated carbocycles. The van der Waals surface area contributed by atoms with Crippen LogP contribution in [0.2, 0.25) is 0 Å². The molecule has 1 amide bonds. The first kappa shape index (κ1) is 16.3. The molecule has 1 atom stereocenters. The number of thioether (sulfide) groups is 1. The first-order valence-corrected chi connectivity index (χ1v) is 8.66. The Balaban J connectivity index is 1.80. The van der Waals surface area contributed by atoms with Crippen molar-refractivity contribution in [2.45, 2.75) is 25.3 Å². The lowest BCUT2D eigenvalue weighted by Crippen LogP contribution is -2.35. The Morgan fingerprint density at radius 2 is 1.90 bits per heavy atom. The summed E-state index contributed by atoms with van der Waals surface area (Å²) in [6, 6.07) is 8.49. The van der Waals surface area contributed by atoms with Gasteiger partial charge in [-0.1, -0.05) is 24.3 Å². The van der Waals surface area contributed by atoms with Crippen LogP contribution < -0.4 is 5.32 Å². The van der Waals surface area contributed by atoms with Crippen LogP contribution in [-0.2, 0) is 22.6 Å². The average molecular weight is 308 g/mol. The van der Waals surface area contributed by atoms with Crippen molar-refractivity contribution in [1.29, 1.82) is 0 Å². The van der Waals surface area contributed by atoms with Crippen molar-refractivity contribution in [2.24, 2.45) is 0 Å². The molecule has 1 saturated heterocycles. The van der Waals surface area contributed by atoms with Gasteiger partial charge in [0.2, 0.25) is 5.91 Å².